The molecule has 1 amide bonds. The number of fused-ring (bicyclic) bond motifs is 1. The lowest BCUT2D eigenvalue weighted by atomic mass is 9.98. The van der Waals surface area contributed by atoms with Gasteiger partial charge in [0.25, 0.3) is 5.91 Å². The van der Waals surface area contributed by atoms with Crippen molar-refractivity contribution in [3.05, 3.63) is 76.9 Å². The fourth-order valence-corrected chi connectivity index (χ4v) is 5.33. The number of hydrogen-bond acceptors (Lipinski definition) is 4. The SMILES string of the molecule is CCCCN(C)c1c(C)c(C)c(C(=O)N(C)c2ccccc2-c2nc3ccccc3s2)c(F)c1F. The van der Waals surface area contributed by atoms with Crippen LogP contribution in [0.25, 0.3) is 20.8 Å². The van der Waals surface area contributed by atoms with Crippen LogP contribution in [0.3, 0.4) is 0 Å². The predicted octanol–water partition coefficient (Wildman–Crippen LogP) is 7.37. The lowest BCUT2D eigenvalue weighted by Gasteiger charge is -2.26. The van der Waals surface area contributed by atoms with Crippen LogP contribution < -0.4 is 9.80 Å². The molecule has 0 bridgehead atoms. The van der Waals surface area contributed by atoms with Crippen LogP contribution in [-0.4, -0.2) is 31.5 Å². The van der Waals surface area contributed by atoms with Crippen molar-refractivity contribution in [3.8, 4) is 10.6 Å². The number of nitrogens with zero attached hydrogens (tertiary/aromatic N) is 3. The van der Waals surface area contributed by atoms with Crippen molar-refractivity contribution in [2.75, 3.05) is 30.4 Å². The molecule has 0 saturated carbocycles. The summed E-state index contributed by atoms with van der Waals surface area (Å²) in [7, 11) is 3.34. The molecule has 4 aromatic rings. The van der Waals surface area contributed by atoms with E-state index >= 15 is 8.78 Å². The summed E-state index contributed by atoms with van der Waals surface area (Å²) in [5.41, 5.74) is 3.19. The molecule has 1 heterocycles. The molecule has 0 N–H and O–H groups in total. The highest BCUT2D eigenvalue weighted by Gasteiger charge is 2.29. The normalized spacial score (nSPS) is 11.2. The van der Waals surface area contributed by atoms with Gasteiger partial charge in [-0.3, -0.25) is 4.79 Å². The minimum absolute atomic E-state index is 0.211. The number of unbranched alkanes of at least 4 members (excludes halogenated alkanes) is 1. The van der Waals surface area contributed by atoms with Crippen molar-refractivity contribution in [1.82, 2.24) is 4.98 Å². The van der Waals surface area contributed by atoms with Crippen LogP contribution in [0.15, 0.2) is 48.5 Å². The molecule has 0 spiro atoms. The maximum absolute atomic E-state index is 15.4. The van der Waals surface area contributed by atoms with Gasteiger partial charge in [-0.25, -0.2) is 13.8 Å². The Morgan fingerprint density at radius 1 is 0.971 bits per heavy atom. The van der Waals surface area contributed by atoms with Crippen LogP contribution in [0.2, 0.25) is 0 Å². The first kappa shape index (κ1) is 24.8. The number of anilines is 2. The van der Waals surface area contributed by atoms with E-state index in [0.717, 1.165) is 33.6 Å². The quantitative estimate of drug-likeness (QED) is 0.270. The summed E-state index contributed by atoms with van der Waals surface area (Å²) in [4.78, 5) is 21.4. The maximum Gasteiger partial charge on any atom is 0.261 e. The second-order valence-corrected chi connectivity index (χ2v) is 9.78. The molecular formula is C28H29F2N3OS. The summed E-state index contributed by atoms with van der Waals surface area (Å²) in [6.45, 7) is 6.07. The van der Waals surface area contributed by atoms with Gasteiger partial charge in [0.1, 0.15) is 5.01 Å². The number of halogens is 2. The van der Waals surface area contributed by atoms with E-state index in [-0.39, 0.29) is 11.3 Å². The average Bonchev–Trinajstić information content (AvgIpc) is 3.30. The van der Waals surface area contributed by atoms with Gasteiger partial charge in [-0.15, -0.1) is 11.3 Å². The predicted molar refractivity (Wildman–Crippen MR) is 142 cm³/mol. The van der Waals surface area contributed by atoms with Crippen molar-refractivity contribution in [2.45, 2.75) is 33.6 Å². The van der Waals surface area contributed by atoms with Crippen LogP contribution in [0.1, 0.15) is 41.3 Å². The first-order valence-corrected chi connectivity index (χ1v) is 12.5. The third-order valence-corrected chi connectivity index (χ3v) is 7.52. The summed E-state index contributed by atoms with van der Waals surface area (Å²) in [6.07, 6.45) is 1.81. The van der Waals surface area contributed by atoms with Crippen LogP contribution in [0.4, 0.5) is 20.2 Å². The van der Waals surface area contributed by atoms with Gasteiger partial charge in [0, 0.05) is 26.2 Å². The number of benzene rings is 3. The number of carbonyl (C=O) groups excluding carboxylic acids is 1. The number of thiazole rings is 1. The molecule has 0 radical (unpaired) electrons. The Morgan fingerprint density at radius 3 is 2.37 bits per heavy atom. The number of para-hydroxylation sites is 2. The first-order chi connectivity index (χ1) is 16.8. The Balaban J connectivity index is 1.76. The van der Waals surface area contributed by atoms with Crippen molar-refractivity contribution in [2.24, 2.45) is 0 Å². The van der Waals surface area contributed by atoms with Gasteiger partial charge in [0.15, 0.2) is 11.6 Å². The Hall–Kier alpha value is -3.32. The van der Waals surface area contributed by atoms with Gasteiger partial charge in [-0.2, -0.15) is 0 Å². The van der Waals surface area contributed by atoms with Crippen LogP contribution >= 0.6 is 11.3 Å². The summed E-state index contributed by atoms with van der Waals surface area (Å²) < 4.78 is 31.7. The molecule has 0 saturated heterocycles. The molecule has 4 nitrogen and oxygen atoms in total. The third kappa shape index (κ3) is 4.52. The van der Waals surface area contributed by atoms with E-state index in [0.29, 0.717) is 23.4 Å². The third-order valence-electron chi connectivity index (χ3n) is 6.45. The average molecular weight is 494 g/mol. The van der Waals surface area contributed by atoms with E-state index < -0.39 is 17.5 Å². The molecular weight excluding hydrogens is 464 g/mol. The van der Waals surface area contributed by atoms with Crippen molar-refractivity contribution in [1.29, 1.82) is 0 Å². The van der Waals surface area contributed by atoms with Gasteiger partial charge >= 0.3 is 0 Å². The maximum atomic E-state index is 15.4. The molecule has 0 aliphatic heterocycles. The zero-order valence-electron chi connectivity index (χ0n) is 20.7. The summed E-state index contributed by atoms with van der Waals surface area (Å²) in [5, 5.41) is 0.758. The fourth-order valence-electron chi connectivity index (χ4n) is 4.33. The molecule has 0 aliphatic rings. The number of carbonyl (C=O) groups is 1. The summed E-state index contributed by atoms with van der Waals surface area (Å²) >= 11 is 1.52. The van der Waals surface area contributed by atoms with Gasteiger partial charge in [-0.1, -0.05) is 37.6 Å². The van der Waals surface area contributed by atoms with Gasteiger partial charge in [-0.05, 0) is 55.7 Å². The van der Waals surface area contributed by atoms with Crippen LogP contribution in [-0.2, 0) is 0 Å². The zero-order valence-corrected chi connectivity index (χ0v) is 21.5. The van der Waals surface area contributed by atoms with Crippen molar-refractivity contribution >= 4 is 38.8 Å². The summed E-state index contributed by atoms with van der Waals surface area (Å²) in [6, 6.07) is 15.2. The fraction of sp³-hybridized carbons (Fsp3) is 0.286. The van der Waals surface area contributed by atoms with E-state index in [9.17, 15) is 4.79 Å². The Morgan fingerprint density at radius 2 is 1.66 bits per heavy atom. The highest BCUT2D eigenvalue weighted by molar-refractivity contribution is 7.21. The van der Waals surface area contributed by atoms with E-state index in [2.05, 4.69) is 0 Å². The highest BCUT2D eigenvalue weighted by Crippen LogP contribution is 2.38. The molecule has 182 valence electrons. The van der Waals surface area contributed by atoms with Crippen LogP contribution in [0.5, 0.6) is 0 Å². The van der Waals surface area contributed by atoms with Crippen molar-refractivity contribution in [3.63, 3.8) is 0 Å². The van der Waals surface area contributed by atoms with E-state index in [1.165, 1.54) is 16.2 Å². The second kappa shape index (κ2) is 10.1. The number of rotatable bonds is 7. The number of amides is 1. The number of aromatic nitrogens is 1. The highest BCUT2D eigenvalue weighted by atomic mass is 32.1. The van der Waals surface area contributed by atoms with E-state index in [4.69, 9.17) is 4.98 Å². The molecule has 7 heteroatoms. The molecule has 1 aromatic heterocycles. The minimum Gasteiger partial charge on any atom is -0.372 e. The molecule has 0 fully saturated rings. The van der Waals surface area contributed by atoms with E-state index in [1.807, 2.05) is 49.4 Å². The molecule has 4 rings (SSSR count). The lowest BCUT2D eigenvalue weighted by molar-refractivity contribution is 0.0987. The largest absolute Gasteiger partial charge is 0.372 e. The summed E-state index contributed by atoms with van der Waals surface area (Å²) in [5.74, 6) is -2.69. The Bertz CT molecular complexity index is 1340. The topological polar surface area (TPSA) is 36.4 Å². The molecule has 0 aliphatic carbocycles. The molecule has 3 aromatic carbocycles. The smallest absolute Gasteiger partial charge is 0.261 e. The second-order valence-electron chi connectivity index (χ2n) is 8.74. The lowest BCUT2D eigenvalue weighted by Crippen LogP contribution is -2.30. The monoisotopic (exact) mass is 493 g/mol. The van der Waals surface area contributed by atoms with Gasteiger partial charge < -0.3 is 9.80 Å². The van der Waals surface area contributed by atoms with Crippen molar-refractivity contribution < 1.29 is 13.6 Å². The molecule has 0 unspecified atom stereocenters. The van der Waals surface area contributed by atoms with Gasteiger partial charge in [0.05, 0.1) is 27.2 Å². The molecule has 35 heavy (non-hydrogen) atoms. The van der Waals surface area contributed by atoms with Crippen LogP contribution in [0, 0.1) is 25.5 Å². The van der Waals surface area contributed by atoms with E-state index in [1.54, 1.807) is 38.9 Å². The first-order valence-electron chi connectivity index (χ1n) is 11.7. The minimum atomic E-state index is -1.11. The van der Waals surface area contributed by atoms with Gasteiger partial charge in [0.2, 0.25) is 0 Å². The number of hydrogen-bond donors (Lipinski definition) is 0. The zero-order chi connectivity index (χ0) is 25.3. The Kier molecular flexibility index (Phi) is 7.17. The molecule has 0 atom stereocenters. The Labute approximate surface area is 208 Å². The standard InChI is InChI=1S/C28H29F2N3OS/c1-6-7-16-32(4)26-18(3)17(2)23(24(29)25(26)30)28(34)33(5)21-14-10-8-12-19(21)27-31-20-13-9-11-15-22(20)35-27/h8-15H,6-7,16H2,1-5H3.